The van der Waals surface area contributed by atoms with Crippen molar-refractivity contribution in [3.63, 3.8) is 0 Å². The van der Waals surface area contributed by atoms with Crippen molar-refractivity contribution < 1.29 is 22.7 Å². The van der Waals surface area contributed by atoms with Crippen LogP contribution in [0.2, 0.25) is 0 Å². The molecule has 2 heterocycles. The summed E-state index contributed by atoms with van der Waals surface area (Å²) >= 11 is 0. The number of carbonyl (C=O) groups excluding carboxylic acids is 1. The molecule has 0 radical (unpaired) electrons. The maximum atomic E-state index is 12.5. The Bertz CT molecular complexity index is 445. The van der Waals surface area contributed by atoms with Crippen molar-refractivity contribution in [2.45, 2.75) is 25.9 Å². The fourth-order valence-corrected chi connectivity index (χ4v) is 4.12. The number of hydrogen-bond acceptors (Lipinski definition) is 5. The van der Waals surface area contributed by atoms with Crippen molar-refractivity contribution in [3.8, 4) is 0 Å². The van der Waals surface area contributed by atoms with E-state index in [4.69, 9.17) is 4.74 Å². The first-order valence-corrected chi connectivity index (χ1v) is 8.29. The highest BCUT2D eigenvalue weighted by atomic mass is 32.2. The van der Waals surface area contributed by atoms with Gasteiger partial charge in [-0.2, -0.15) is 17.0 Å². The monoisotopic (exact) mass is 306 g/mol. The first-order chi connectivity index (χ1) is 9.45. The predicted molar refractivity (Wildman–Crippen MR) is 72.2 cm³/mol. The number of piperidine rings is 1. The lowest BCUT2D eigenvalue weighted by atomic mass is 10.0. The molecule has 0 aromatic heterocycles. The topological polar surface area (TPSA) is 76.2 Å². The standard InChI is InChI=1S/C12H22N2O5S/c1-10-3-5-13(6-4-10)20(16,17)14-7-8-19-11(9-14)12(15)18-2/h10-11H,3-9H2,1-2H3. The van der Waals surface area contributed by atoms with Crippen LogP contribution in [0.25, 0.3) is 0 Å². The van der Waals surface area contributed by atoms with Gasteiger partial charge in [0.15, 0.2) is 6.10 Å². The van der Waals surface area contributed by atoms with Crippen LogP contribution in [0.1, 0.15) is 19.8 Å². The van der Waals surface area contributed by atoms with Crippen LogP contribution in [0.15, 0.2) is 0 Å². The molecule has 0 saturated carbocycles. The first kappa shape index (κ1) is 15.7. The minimum atomic E-state index is -3.50. The van der Waals surface area contributed by atoms with Crippen LogP contribution in [0, 0.1) is 5.92 Å². The van der Waals surface area contributed by atoms with Gasteiger partial charge in [0.2, 0.25) is 0 Å². The van der Waals surface area contributed by atoms with Gasteiger partial charge in [-0.15, -0.1) is 0 Å². The zero-order chi connectivity index (χ0) is 14.8. The molecular formula is C12H22N2O5S. The summed E-state index contributed by atoms with van der Waals surface area (Å²) in [5.74, 6) is 0.0334. The number of methoxy groups -OCH3 is 1. The molecule has 2 saturated heterocycles. The highest BCUT2D eigenvalue weighted by molar-refractivity contribution is 7.86. The van der Waals surface area contributed by atoms with Gasteiger partial charge in [-0.1, -0.05) is 6.92 Å². The minimum absolute atomic E-state index is 0.0288. The van der Waals surface area contributed by atoms with Crippen LogP contribution in [0.3, 0.4) is 0 Å². The van der Waals surface area contributed by atoms with Crippen molar-refractivity contribution in [2.75, 3.05) is 39.9 Å². The highest BCUT2D eigenvalue weighted by Gasteiger charge is 2.37. The Morgan fingerprint density at radius 1 is 1.20 bits per heavy atom. The number of morpholine rings is 1. The molecule has 7 nitrogen and oxygen atoms in total. The third-order valence-corrected chi connectivity index (χ3v) is 5.89. The SMILES string of the molecule is COC(=O)C1CN(S(=O)(=O)N2CCC(C)CC2)CCO1. The molecule has 2 aliphatic rings. The number of hydrogen-bond donors (Lipinski definition) is 0. The summed E-state index contributed by atoms with van der Waals surface area (Å²) < 4.78 is 37.8. The Morgan fingerprint density at radius 3 is 2.45 bits per heavy atom. The Kier molecular flexibility index (Phi) is 5.00. The summed E-state index contributed by atoms with van der Waals surface area (Å²) in [6.45, 7) is 3.74. The lowest BCUT2D eigenvalue weighted by Crippen LogP contribution is -2.54. The van der Waals surface area contributed by atoms with Crippen LogP contribution < -0.4 is 0 Å². The number of ether oxygens (including phenoxy) is 2. The third-order valence-electron chi connectivity index (χ3n) is 3.89. The Morgan fingerprint density at radius 2 is 1.85 bits per heavy atom. The fraction of sp³-hybridized carbons (Fsp3) is 0.917. The summed E-state index contributed by atoms with van der Waals surface area (Å²) in [5, 5.41) is 0. The Hall–Kier alpha value is -0.700. The van der Waals surface area contributed by atoms with Gasteiger partial charge in [0.05, 0.1) is 20.3 Å². The zero-order valence-electron chi connectivity index (χ0n) is 11.9. The van der Waals surface area contributed by atoms with Gasteiger partial charge in [-0.25, -0.2) is 4.79 Å². The lowest BCUT2D eigenvalue weighted by Gasteiger charge is -2.37. The van der Waals surface area contributed by atoms with Gasteiger partial charge in [0.25, 0.3) is 10.2 Å². The largest absolute Gasteiger partial charge is 0.467 e. The molecule has 2 rings (SSSR count). The van der Waals surface area contributed by atoms with Gasteiger partial charge in [0, 0.05) is 19.6 Å². The molecule has 0 bridgehead atoms. The number of nitrogens with zero attached hydrogens (tertiary/aromatic N) is 2. The fourth-order valence-electron chi connectivity index (χ4n) is 2.49. The van der Waals surface area contributed by atoms with E-state index in [1.165, 1.54) is 15.7 Å². The molecule has 8 heteroatoms. The van der Waals surface area contributed by atoms with E-state index in [2.05, 4.69) is 11.7 Å². The average Bonchev–Trinajstić information content (AvgIpc) is 2.47. The molecule has 116 valence electrons. The van der Waals surface area contributed by atoms with Crippen molar-refractivity contribution >= 4 is 16.2 Å². The molecule has 2 aliphatic heterocycles. The molecule has 0 aliphatic carbocycles. The second-order valence-electron chi connectivity index (χ2n) is 5.33. The molecule has 1 unspecified atom stereocenters. The van der Waals surface area contributed by atoms with E-state index in [-0.39, 0.29) is 19.7 Å². The summed E-state index contributed by atoms with van der Waals surface area (Å²) in [7, 11) is -2.24. The van der Waals surface area contributed by atoms with Crippen molar-refractivity contribution in [1.29, 1.82) is 0 Å². The van der Waals surface area contributed by atoms with Crippen LogP contribution >= 0.6 is 0 Å². The summed E-state index contributed by atoms with van der Waals surface area (Å²) in [4.78, 5) is 11.5. The number of carbonyl (C=O) groups is 1. The quantitative estimate of drug-likeness (QED) is 0.677. The van der Waals surface area contributed by atoms with Gasteiger partial charge < -0.3 is 9.47 Å². The van der Waals surface area contributed by atoms with E-state index < -0.39 is 22.3 Å². The first-order valence-electron chi connectivity index (χ1n) is 6.90. The smallest absolute Gasteiger partial charge is 0.336 e. The average molecular weight is 306 g/mol. The Labute approximate surface area is 120 Å². The molecule has 0 aromatic rings. The lowest BCUT2D eigenvalue weighted by molar-refractivity contribution is -0.157. The Balaban J connectivity index is 2.03. The molecule has 0 spiro atoms. The van der Waals surface area contributed by atoms with E-state index in [9.17, 15) is 13.2 Å². The third kappa shape index (κ3) is 3.30. The second-order valence-corrected chi connectivity index (χ2v) is 7.26. The molecule has 0 N–H and O–H groups in total. The molecule has 2 fully saturated rings. The second kappa shape index (κ2) is 6.38. The maximum Gasteiger partial charge on any atom is 0.336 e. The minimum Gasteiger partial charge on any atom is -0.467 e. The molecule has 0 amide bonds. The van der Waals surface area contributed by atoms with Crippen LogP contribution in [-0.2, 0) is 24.5 Å². The molecule has 1 atom stereocenters. The highest BCUT2D eigenvalue weighted by Crippen LogP contribution is 2.22. The number of rotatable bonds is 3. The van der Waals surface area contributed by atoms with Crippen molar-refractivity contribution in [2.24, 2.45) is 5.92 Å². The molecule has 0 aromatic carbocycles. The van der Waals surface area contributed by atoms with Crippen molar-refractivity contribution in [1.82, 2.24) is 8.61 Å². The molecular weight excluding hydrogens is 284 g/mol. The molecule has 20 heavy (non-hydrogen) atoms. The predicted octanol–water partition coefficient (Wildman–Crippen LogP) is -0.163. The van der Waals surface area contributed by atoms with Gasteiger partial charge in [0.1, 0.15) is 0 Å². The van der Waals surface area contributed by atoms with Gasteiger partial charge in [-0.05, 0) is 18.8 Å². The van der Waals surface area contributed by atoms with Crippen LogP contribution in [0.5, 0.6) is 0 Å². The normalized spacial score (nSPS) is 27.4. The van der Waals surface area contributed by atoms with Gasteiger partial charge in [-0.3, -0.25) is 0 Å². The summed E-state index contributed by atoms with van der Waals surface area (Å²) in [6.07, 6.45) is 0.931. The van der Waals surface area contributed by atoms with Crippen molar-refractivity contribution in [3.05, 3.63) is 0 Å². The van der Waals surface area contributed by atoms with E-state index >= 15 is 0 Å². The van der Waals surface area contributed by atoms with Crippen LogP contribution in [-0.4, -0.2) is 69.0 Å². The number of esters is 1. The maximum absolute atomic E-state index is 12.5. The van der Waals surface area contributed by atoms with E-state index in [0.717, 1.165) is 12.8 Å². The van der Waals surface area contributed by atoms with E-state index in [0.29, 0.717) is 19.0 Å². The van der Waals surface area contributed by atoms with E-state index in [1.54, 1.807) is 0 Å². The summed E-state index contributed by atoms with van der Waals surface area (Å²) in [5.41, 5.74) is 0. The van der Waals surface area contributed by atoms with E-state index in [1.807, 2.05) is 0 Å². The van der Waals surface area contributed by atoms with Crippen LogP contribution in [0.4, 0.5) is 0 Å². The van der Waals surface area contributed by atoms with Gasteiger partial charge >= 0.3 is 5.97 Å². The summed E-state index contributed by atoms with van der Waals surface area (Å²) in [6, 6.07) is 0. The zero-order valence-corrected chi connectivity index (χ0v) is 12.8.